The molecule has 0 atom stereocenters. The van der Waals surface area contributed by atoms with E-state index in [1.54, 1.807) is 30.3 Å². The molecule has 3 aromatic carbocycles. The summed E-state index contributed by atoms with van der Waals surface area (Å²) in [5.41, 5.74) is 5.80. The van der Waals surface area contributed by atoms with Crippen LogP contribution in [-0.2, 0) is 17.8 Å². The van der Waals surface area contributed by atoms with Gasteiger partial charge in [0.2, 0.25) is 5.91 Å². The normalized spacial score (nSPS) is 10.7. The molecule has 2 amide bonds. The van der Waals surface area contributed by atoms with Gasteiger partial charge < -0.3 is 20.3 Å². The summed E-state index contributed by atoms with van der Waals surface area (Å²) in [6.45, 7) is 4.42. The van der Waals surface area contributed by atoms with E-state index in [0.717, 1.165) is 34.1 Å². The Kier molecular flexibility index (Phi) is 7.58. The Morgan fingerprint density at radius 2 is 1.79 bits per heavy atom. The standard InChI is InChI=1S/C30H28N4O4/c1-4-34-17-22(23-10-6-19(15-31)12-27(23)34)13-20-7-8-21(29(36)33-16-28(35)32-3)14-25(20)24-9-5-18(2)11-26(24)30(37)38/h5-12,14,17H,4,13,16H2,1-3H3,(H,32,35)(H,33,36)(H,37,38). The molecular formula is C30H28N4O4. The molecule has 0 fully saturated rings. The van der Waals surface area contributed by atoms with Crippen LogP contribution in [0.15, 0.2) is 60.8 Å². The molecule has 0 saturated heterocycles. The van der Waals surface area contributed by atoms with Crippen molar-refractivity contribution in [1.82, 2.24) is 15.2 Å². The number of hydrogen-bond donors (Lipinski definition) is 3. The van der Waals surface area contributed by atoms with E-state index in [-0.39, 0.29) is 18.0 Å². The highest BCUT2D eigenvalue weighted by molar-refractivity contribution is 6.00. The maximum atomic E-state index is 12.8. The fourth-order valence-electron chi connectivity index (χ4n) is 4.59. The molecule has 4 rings (SSSR count). The lowest BCUT2D eigenvalue weighted by molar-refractivity contribution is -0.119. The largest absolute Gasteiger partial charge is 0.478 e. The summed E-state index contributed by atoms with van der Waals surface area (Å²) in [5, 5.41) is 25.4. The van der Waals surface area contributed by atoms with Crippen molar-refractivity contribution in [2.45, 2.75) is 26.8 Å². The Morgan fingerprint density at radius 3 is 2.47 bits per heavy atom. The number of nitriles is 1. The van der Waals surface area contributed by atoms with E-state index < -0.39 is 11.9 Å². The lowest BCUT2D eigenvalue weighted by atomic mass is 9.89. The van der Waals surface area contributed by atoms with Crippen molar-refractivity contribution >= 4 is 28.7 Å². The summed E-state index contributed by atoms with van der Waals surface area (Å²) in [5.74, 6) is -1.82. The van der Waals surface area contributed by atoms with Crippen LogP contribution in [0.25, 0.3) is 22.0 Å². The molecular weight excluding hydrogens is 480 g/mol. The Bertz CT molecular complexity index is 1610. The Balaban J connectivity index is 1.85. The highest BCUT2D eigenvalue weighted by atomic mass is 16.4. The van der Waals surface area contributed by atoms with Crippen molar-refractivity contribution < 1.29 is 19.5 Å². The van der Waals surface area contributed by atoms with E-state index in [0.29, 0.717) is 28.7 Å². The number of nitrogens with one attached hydrogen (secondary N) is 2. The minimum atomic E-state index is -1.06. The monoisotopic (exact) mass is 508 g/mol. The summed E-state index contributed by atoms with van der Waals surface area (Å²) in [6, 6.07) is 18.2. The number of carbonyl (C=O) groups excluding carboxylic acids is 2. The van der Waals surface area contributed by atoms with Gasteiger partial charge in [-0.05, 0) is 66.4 Å². The SMILES string of the molecule is CCn1cc(Cc2ccc(C(=O)NCC(=O)NC)cc2-c2ccc(C)cc2C(=O)O)c2ccc(C#N)cc21. The molecule has 0 saturated carbocycles. The first-order valence-electron chi connectivity index (χ1n) is 12.2. The van der Waals surface area contributed by atoms with Crippen molar-refractivity contribution in [3.05, 3.63) is 94.2 Å². The van der Waals surface area contributed by atoms with Crippen molar-refractivity contribution in [3.8, 4) is 17.2 Å². The van der Waals surface area contributed by atoms with Gasteiger partial charge in [0.25, 0.3) is 5.91 Å². The molecule has 8 nitrogen and oxygen atoms in total. The summed E-state index contributed by atoms with van der Waals surface area (Å²) >= 11 is 0. The molecule has 1 aromatic heterocycles. The second-order valence-electron chi connectivity index (χ2n) is 9.04. The molecule has 192 valence electrons. The predicted molar refractivity (Wildman–Crippen MR) is 145 cm³/mol. The van der Waals surface area contributed by atoms with Crippen LogP contribution < -0.4 is 10.6 Å². The lowest BCUT2D eigenvalue weighted by Crippen LogP contribution is -2.35. The molecule has 0 bridgehead atoms. The van der Waals surface area contributed by atoms with Crippen LogP contribution in [0.4, 0.5) is 0 Å². The number of likely N-dealkylation sites (N-methyl/N-ethyl adjacent to an activating group) is 1. The second-order valence-corrected chi connectivity index (χ2v) is 9.04. The number of carbonyl (C=O) groups is 3. The third-order valence-corrected chi connectivity index (χ3v) is 6.57. The molecule has 3 N–H and O–H groups in total. The Hall–Kier alpha value is -4.90. The molecule has 0 aliphatic heterocycles. The van der Waals surface area contributed by atoms with Gasteiger partial charge in [-0.2, -0.15) is 5.26 Å². The van der Waals surface area contributed by atoms with E-state index in [4.69, 9.17) is 0 Å². The number of benzene rings is 3. The number of hydrogen-bond acceptors (Lipinski definition) is 4. The summed E-state index contributed by atoms with van der Waals surface area (Å²) in [4.78, 5) is 36.6. The van der Waals surface area contributed by atoms with E-state index in [1.165, 1.54) is 7.05 Å². The van der Waals surface area contributed by atoms with Crippen LogP contribution in [-0.4, -0.2) is 41.0 Å². The number of nitrogens with zero attached hydrogens (tertiary/aromatic N) is 2. The molecule has 0 aliphatic rings. The van der Waals surface area contributed by atoms with Crippen molar-refractivity contribution in [2.75, 3.05) is 13.6 Å². The topological polar surface area (TPSA) is 124 Å². The maximum Gasteiger partial charge on any atom is 0.336 e. The van der Waals surface area contributed by atoms with Gasteiger partial charge in [-0.15, -0.1) is 0 Å². The highest BCUT2D eigenvalue weighted by Crippen LogP contribution is 2.33. The van der Waals surface area contributed by atoms with Gasteiger partial charge in [0, 0.05) is 42.7 Å². The van der Waals surface area contributed by atoms with Crippen molar-refractivity contribution in [3.63, 3.8) is 0 Å². The molecule has 1 heterocycles. The number of carboxylic acids is 1. The molecule has 0 aliphatic carbocycles. The first kappa shape index (κ1) is 26.2. The maximum absolute atomic E-state index is 12.8. The van der Waals surface area contributed by atoms with E-state index in [2.05, 4.69) is 21.3 Å². The van der Waals surface area contributed by atoms with Gasteiger partial charge >= 0.3 is 5.97 Å². The number of amides is 2. The van der Waals surface area contributed by atoms with E-state index in [1.807, 2.05) is 44.3 Å². The Labute approximate surface area is 220 Å². The van der Waals surface area contributed by atoms with Crippen LogP contribution in [0.3, 0.4) is 0 Å². The molecule has 38 heavy (non-hydrogen) atoms. The van der Waals surface area contributed by atoms with Crippen molar-refractivity contribution in [1.29, 1.82) is 5.26 Å². The zero-order valence-electron chi connectivity index (χ0n) is 21.5. The van der Waals surface area contributed by atoms with E-state index in [9.17, 15) is 24.8 Å². The fourth-order valence-corrected chi connectivity index (χ4v) is 4.59. The number of fused-ring (bicyclic) bond motifs is 1. The smallest absolute Gasteiger partial charge is 0.336 e. The molecule has 0 unspecified atom stereocenters. The molecule has 8 heteroatoms. The van der Waals surface area contributed by atoms with Gasteiger partial charge in [0.15, 0.2) is 0 Å². The number of carboxylic acid groups (broad SMARTS) is 1. The molecule has 4 aromatic rings. The number of aromatic carboxylic acids is 1. The van der Waals surface area contributed by atoms with Gasteiger partial charge in [0.05, 0.1) is 23.7 Å². The van der Waals surface area contributed by atoms with Crippen LogP contribution >= 0.6 is 0 Å². The summed E-state index contributed by atoms with van der Waals surface area (Å²) in [6.07, 6.45) is 2.53. The quantitative estimate of drug-likeness (QED) is 0.328. The number of aromatic nitrogens is 1. The van der Waals surface area contributed by atoms with Gasteiger partial charge in [-0.3, -0.25) is 9.59 Å². The molecule has 0 spiro atoms. The average molecular weight is 509 g/mol. The lowest BCUT2D eigenvalue weighted by Gasteiger charge is -2.15. The Morgan fingerprint density at radius 1 is 1.00 bits per heavy atom. The highest BCUT2D eigenvalue weighted by Gasteiger charge is 2.19. The minimum absolute atomic E-state index is 0.142. The number of rotatable bonds is 8. The first-order chi connectivity index (χ1) is 18.2. The summed E-state index contributed by atoms with van der Waals surface area (Å²) in [7, 11) is 1.49. The zero-order valence-corrected chi connectivity index (χ0v) is 21.5. The first-order valence-corrected chi connectivity index (χ1v) is 12.2. The third-order valence-electron chi connectivity index (χ3n) is 6.57. The fraction of sp³-hybridized carbons (Fsp3) is 0.200. The van der Waals surface area contributed by atoms with Gasteiger partial charge in [0.1, 0.15) is 0 Å². The third kappa shape index (κ3) is 5.27. The average Bonchev–Trinajstić information content (AvgIpc) is 3.28. The van der Waals surface area contributed by atoms with Crippen LogP contribution in [0.2, 0.25) is 0 Å². The van der Waals surface area contributed by atoms with Gasteiger partial charge in [-0.25, -0.2) is 4.79 Å². The van der Waals surface area contributed by atoms with Crippen LogP contribution in [0.5, 0.6) is 0 Å². The number of aryl methyl sites for hydroxylation is 2. The van der Waals surface area contributed by atoms with Crippen molar-refractivity contribution in [2.24, 2.45) is 0 Å². The summed E-state index contributed by atoms with van der Waals surface area (Å²) < 4.78 is 2.08. The van der Waals surface area contributed by atoms with Crippen LogP contribution in [0.1, 0.15) is 49.9 Å². The van der Waals surface area contributed by atoms with E-state index >= 15 is 0 Å². The predicted octanol–water partition coefficient (Wildman–Crippen LogP) is 4.27. The van der Waals surface area contributed by atoms with Gasteiger partial charge in [-0.1, -0.05) is 29.8 Å². The minimum Gasteiger partial charge on any atom is -0.478 e. The zero-order chi connectivity index (χ0) is 27.4. The van der Waals surface area contributed by atoms with Crippen LogP contribution in [0, 0.1) is 18.3 Å². The molecule has 0 radical (unpaired) electrons. The second kappa shape index (κ2) is 11.0.